The van der Waals surface area contributed by atoms with Crippen molar-refractivity contribution >= 4 is 21.5 Å². The number of carboxylic acid groups (broad SMARTS) is 1. The van der Waals surface area contributed by atoms with Gasteiger partial charge in [0, 0.05) is 29.8 Å². The van der Waals surface area contributed by atoms with Gasteiger partial charge < -0.3 is 10.4 Å². The normalized spacial score (nSPS) is 18.4. The fraction of sp³-hybridized carbons (Fsp3) is 0.267. The molecule has 1 aliphatic rings. The highest BCUT2D eigenvalue weighted by atomic mass is 32.2. The van der Waals surface area contributed by atoms with Crippen molar-refractivity contribution in [2.45, 2.75) is 19.8 Å². The van der Waals surface area contributed by atoms with Crippen LogP contribution >= 0.6 is 0 Å². The molecule has 2 rings (SSSR count). The quantitative estimate of drug-likeness (QED) is 0.626. The highest BCUT2D eigenvalue weighted by Gasteiger charge is 2.38. The smallest absolute Gasteiger partial charge is 0.334 e. The number of nitro benzene ring substituents is 1. The lowest BCUT2D eigenvalue weighted by Crippen LogP contribution is -2.30. The number of benzene rings is 1. The summed E-state index contributed by atoms with van der Waals surface area (Å²) in [5.74, 6) is -2.40. The molecule has 1 atom stereocenters. The zero-order valence-corrected chi connectivity index (χ0v) is 14.0. The van der Waals surface area contributed by atoms with E-state index in [0.717, 1.165) is 6.26 Å². The van der Waals surface area contributed by atoms with E-state index >= 15 is 0 Å². The van der Waals surface area contributed by atoms with Gasteiger partial charge in [0.25, 0.3) is 5.69 Å². The van der Waals surface area contributed by atoms with E-state index in [1.54, 1.807) is 0 Å². The minimum atomic E-state index is -3.75. The molecule has 1 aliphatic heterocycles. The maximum atomic E-state index is 12.2. The lowest BCUT2D eigenvalue weighted by atomic mass is 9.86. The van der Waals surface area contributed by atoms with Crippen molar-refractivity contribution in [3.8, 4) is 0 Å². The minimum Gasteiger partial charge on any atom is -0.478 e. The highest BCUT2D eigenvalue weighted by Crippen LogP contribution is 2.41. The zero-order chi connectivity index (χ0) is 18.2. The van der Waals surface area contributed by atoms with Gasteiger partial charge in [-0.1, -0.05) is 12.1 Å². The second-order valence-corrected chi connectivity index (χ2v) is 7.50. The van der Waals surface area contributed by atoms with Gasteiger partial charge in [-0.2, -0.15) is 0 Å². The van der Waals surface area contributed by atoms with Crippen LogP contribution in [0.25, 0.3) is 0 Å². The zero-order valence-electron chi connectivity index (χ0n) is 13.2. The fourth-order valence-corrected chi connectivity index (χ4v) is 4.18. The van der Waals surface area contributed by atoms with Crippen molar-refractivity contribution in [3.63, 3.8) is 0 Å². The number of aliphatic carboxylic acids is 1. The Bertz CT molecular complexity index is 898. The Morgan fingerprint density at radius 1 is 1.29 bits per heavy atom. The summed E-state index contributed by atoms with van der Waals surface area (Å²) >= 11 is 0. The van der Waals surface area contributed by atoms with Crippen LogP contribution in [-0.2, 0) is 14.6 Å². The summed E-state index contributed by atoms with van der Waals surface area (Å²) in [5.41, 5.74) is 0.447. The lowest BCUT2D eigenvalue weighted by molar-refractivity contribution is -0.384. The van der Waals surface area contributed by atoms with E-state index in [0.29, 0.717) is 11.4 Å². The van der Waals surface area contributed by atoms with Gasteiger partial charge in [-0.25, -0.2) is 13.2 Å². The minimum absolute atomic E-state index is 0.106. The summed E-state index contributed by atoms with van der Waals surface area (Å²) in [4.78, 5) is 22.0. The van der Waals surface area contributed by atoms with Gasteiger partial charge >= 0.3 is 5.97 Å². The predicted octanol–water partition coefficient (Wildman–Crippen LogP) is 1.92. The van der Waals surface area contributed by atoms with Crippen molar-refractivity contribution in [1.82, 2.24) is 5.32 Å². The van der Waals surface area contributed by atoms with E-state index in [4.69, 9.17) is 0 Å². The number of hydrogen-bond acceptors (Lipinski definition) is 6. The molecule has 0 aromatic heterocycles. The molecule has 2 N–H and O–H groups in total. The molecule has 24 heavy (non-hydrogen) atoms. The van der Waals surface area contributed by atoms with Crippen LogP contribution in [0.5, 0.6) is 0 Å². The third kappa shape index (κ3) is 3.16. The molecule has 1 heterocycles. The van der Waals surface area contributed by atoms with Gasteiger partial charge in [0.05, 0.1) is 21.3 Å². The van der Waals surface area contributed by atoms with Crippen molar-refractivity contribution in [1.29, 1.82) is 0 Å². The van der Waals surface area contributed by atoms with Crippen LogP contribution in [0.1, 0.15) is 25.3 Å². The van der Waals surface area contributed by atoms with Gasteiger partial charge in [-0.15, -0.1) is 0 Å². The van der Waals surface area contributed by atoms with Crippen LogP contribution in [0.2, 0.25) is 0 Å². The molecule has 1 unspecified atom stereocenters. The Morgan fingerprint density at radius 3 is 2.42 bits per heavy atom. The number of hydrogen-bond donors (Lipinski definition) is 2. The van der Waals surface area contributed by atoms with E-state index in [2.05, 4.69) is 5.32 Å². The topological polar surface area (TPSA) is 127 Å². The Kier molecular flexibility index (Phi) is 4.48. The summed E-state index contributed by atoms with van der Waals surface area (Å²) in [6, 6.07) is 5.35. The number of non-ortho nitro benzene ring substituents is 1. The number of dihydropyridines is 1. The second kappa shape index (κ2) is 6.08. The van der Waals surface area contributed by atoms with Crippen molar-refractivity contribution < 1.29 is 23.2 Å². The van der Waals surface area contributed by atoms with Crippen LogP contribution < -0.4 is 5.32 Å². The molecule has 0 amide bonds. The molecule has 0 saturated carbocycles. The molecule has 0 bridgehead atoms. The van der Waals surface area contributed by atoms with E-state index in [9.17, 15) is 28.4 Å². The number of allylic oxidation sites excluding steroid dienone is 3. The van der Waals surface area contributed by atoms with Gasteiger partial charge in [0.2, 0.25) is 0 Å². The fourth-order valence-electron chi connectivity index (χ4n) is 2.89. The molecule has 1 aromatic carbocycles. The molecule has 0 spiro atoms. The van der Waals surface area contributed by atoms with Crippen LogP contribution in [0.15, 0.2) is 46.1 Å². The average molecular weight is 352 g/mol. The van der Waals surface area contributed by atoms with Gasteiger partial charge in [-0.05, 0) is 19.4 Å². The third-order valence-electron chi connectivity index (χ3n) is 3.74. The Balaban J connectivity index is 2.80. The van der Waals surface area contributed by atoms with Crippen molar-refractivity contribution in [3.05, 3.63) is 61.8 Å². The van der Waals surface area contributed by atoms with Crippen LogP contribution in [0.4, 0.5) is 5.69 Å². The summed E-state index contributed by atoms with van der Waals surface area (Å²) < 4.78 is 24.5. The second-order valence-electron chi connectivity index (χ2n) is 5.52. The number of nitrogens with one attached hydrogen (secondary N) is 1. The first-order valence-corrected chi connectivity index (χ1v) is 8.79. The molecular formula is C15H16N2O6S. The summed E-state index contributed by atoms with van der Waals surface area (Å²) in [5, 5.41) is 23.3. The Morgan fingerprint density at radius 2 is 1.92 bits per heavy atom. The predicted molar refractivity (Wildman–Crippen MR) is 86.9 cm³/mol. The molecule has 0 aliphatic carbocycles. The lowest BCUT2D eigenvalue weighted by Gasteiger charge is -2.29. The molecule has 0 saturated heterocycles. The Hall–Kier alpha value is -2.68. The summed E-state index contributed by atoms with van der Waals surface area (Å²) in [6.07, 6.45) is 0.984. The first-order chi connectivity index (χ1) is 11.0. The molecule has 0 radical (unpaired) electrons. The summed E-state index contributed by atoms with van der Waals surface area (Å²) in [6.45, 7) is 3.05. The van der Waals surface area contributed by atoms with Crippen LogP contribution in [0.3, 0.4) is 0 Å². The number of nitrogens with zero attached hydrogens (tertiary/aromatic N) is 1. The largest absolute Gasteiger partial charge is 0.478 e. The molecule has 128 valence electrons. The van der Waals surface area contributed by atoms with Crippen LogP contribution in [0, 0.1) is 10.1 Å². The molecule has 9 heteroatoms. The maximum Gasteiger partial charge on any atom is 0.334 e. The molecule has 8 nitrogen and oxygen atoms in total. The standard InChI is InChI=1S/C15H16N2O6S/c1-8-12(15(18)19)13(14(9(2)16-8)24(3,22)23)10-5-4-6-11(7-10)17(20)21/h4-7,13,16H,1-3H3,(H,18,19). The highest BCUT2D eigenvalue weighted by molar-refractivity contribution is 7.94. The molecule has 0 fully saturated rings. The molecular weight excluding hydrogens is 336 g/mol. The Labute approximate surface area is 138 Å². The van der Waals surface area contributed by atoms with Gasteiger partial charge in [0.15, 0.2) is 9.84 Å². The number of carboxylic acids is 1. The first kappa shape index (κ1) is 17.7. The van der Waals surface area contributed by atoms with E-state index in [-0.39, 0.29) is 21.7 Å². The van der Waals surface area contributed by atoms with Gasteiger partial charge in [-0.3, -0.25) is 10.1 Å². The first-order valence-electron chi connectivity index (χ1n) is 6.90. The number of carbonyl (C=O) groups is 1. The monoisotopic (exact) mass is 352 g/mol. The number of nitro groups is 1. The number of sulfone groups is 1. The average Bonchev–Trinajstić information content (AvgIpc) is 2.44. The summed E-state index contributed by atoms with van der Waals surface area (Å²) in [7, 11) is -3.75. The maximum absolute atomic E-state index is 12.2. The van der Waals surface area contributed by atoms with Crippen LogP contribution in [-0.4, -0.2) is 30.7 Å². The third-order valence-corrected chi connectivity index (χ3v) is 5.08. The number of rotatable bonds is 4. The SMILES string of the molecule is CC1=C(C(=O)O)C(c2cccc([N+](=O)[O-])c2)C(S(C)(=O)=O)=C(C)N1. The van der Waals surface area contributed by atoms with E-state index in [1.807, 2.05) is 0 Å². The van der Waals surface area contributed by atoms with Crippen molar-refractivity contribution in [2.24, 2.45) is 0 Å². The van der Waals surface area contributed by atoms with Crippen molar-refractivity contribution in [2.75, 3.05) is 6.26 Å². The molecule has 1 aromatic rings. The van der Waals surface area contributed by atoms with E-state index in [1.165, 1.54) is 38.1 Å². The van der Waals surface area contributed by atoms with Gasteiger partial charge in [0.1, 0.15) is 0 Å². The van der Waals surface area contributed by atoms with E-state index < -0.39 is 26.6 Å².